The van der Waals surface area contributed by atoms with Crippen molar-refractivity contribution < 1.29 is 5.11 Å². The van der Waals surface area contributed by atoms with E-state index in [4.69, 9.17) is 11.6 Å². The molecule has 0 bridgehead atoms. The largest absolute Gasteiger partial charge is 0.388 e. The molecule has 1 N–H and O–H groups in total. The number of rotatable bonds is 5. The van der Waals surface area contributed by atoms with Crippen LogP contribution in [0.15, 0.2) is 34.9 Å². The van der Waals surface area contributed by atoms with Gasteiger partial charge in [-0.3, -0.25) is 4.68 Å². The predicted molar refractivity (Wildman–Crippen MR) is 85.0 cm³/mol. The molecule has 0 saturated heterocycles. The second kappa shape index (κ2) is 6.74. The van der Waals surface area contributed by atoms with E-state index in [9.17, 15) is 5.11 Å². The highest BCUT2D eigenvalue weighted by atomic mass is 79.9. The average Bonchev–Trinajstić information content (AvgIpc) is 2.89. The lowest BCUT2D eigenvalue weighted by Crippen LogP contribution is -2.07. The summed E-state index contributed by atoms with van der Waals surface area (Å²) >= 11 is 9.52. The molecule has 0 aliphatic carbocycles. The van der Waals surface area contributed by atoms with Crippen molar-refractivity contribution in [3.05, 3.63) is 51.2 Å². The minimum Gasteiger partial charge on any atom is -0.388 e. The van der Waals surface area contributed by atoms with Gasteiger partial charge in [0.05, 0.1) is 11.8 Å². The topological polar surface area (TPSA) is 38.0 Å². The van der Waals surface area contributed by atoms with Crippen LogP contribution < -0.4 is 0 Å². The van der Waals surface area contributed by atoms with Crippen molar-refractivity contribution in [2.75, 3.05) is 0 Å². The van der Waals surface area contributed by atoms with E-state index in [1.54, 1.807) is 6.07 Å². The fourth-order valence-corrected chi connectivity index (χ4v) is 2.62. The summed E-state index contributed by atoms with van der Waals surface area (Å²) in [5.41, 5.74) is 1.59. The fraction of sp³-hybridized carbons (Fsp3) is 0.400. The van der Waals surface area contributed by atoms with Gasteiger partial charge in [-0.15, -0.1) is 0 Å². The summed E-state index contributed by atoms with van der Waals surface area (Å²) in [5, 5.41) is 15.4. The Morgan fingerprint density at radius 2 is 2.15 bits per heavy atom. The molecule has 0 saturated carbocycles. The summed E-state index contributed by atoms with van der Waals surface area (Å²) in [4.78, 5) is 0. The maximum atomic E-state index is 10.3. The Kier molecular flexibility index (Phi) is 5.24. The number of hydrogen-bond donors (Lipinski definition) is 1. The van der Waals surface area contributed by atoms with Crippen LogP contribution in [0.1, 0.15) is 43.7 Å². The first-order chi connectivity index (χ1) is 9.51. The van der Waals surface area contributed by atoms with E-state index in [1.807, 2.05) is 29.1 Å². The Morgan fingerprint density at radius 1 is 1.40 bits per heavy atom. The van der Waals surface area contributed by atoms with E-state index in [0.717, 1.165) is 22.2 Å². The van der Waals surface area contributed by atoms with Gasteiger partial charge in [-0.25, -0.2) is 0 Å². The van der Waals surface area contributed by atoms with E-state index in [-0.39, 0.29) is 0 Å². The van der Waals surface area contributed by atoms with Gasteiger partial charge in [-0.05, 0) is 37.6 Å². The van der Waals surface area contributed by atoms with Crippen LogP contribution in [0.5, 0.6) is 0 Å². The van der Waals surface area contributed by atoms with Gasteiger partial charge < -0.3 is 5.11 Å². The van der Waals surface area contributed by atoms with Crippen LogP contribution in [0.3, 0.4) is 0 Å². The standard InChI is InChI=1S/C15H18BrClN2O/c1-3-10(2)19-7-6-12(18-19)9-15(20)13-8-11(16)4-5-14(13)17/h4-8,10,15,20H,3,9H2,1-2H3. The zero-order valence-electron chi connectivity index (χ0n) is 11.6. The zero-order valence-corrected chi connectivity index (χ0v) is 13.9. The van der Waals surface area contributed by atoms with Gasteiger partial charge in [-0.1, -0.05) is 34.5 Å². The Bertz CT molecular complexity index is 585. The van der Waals surface area contributed by atoms with E-state index in [2.05, 4.69) is 34.9 Å². The van der Waals surface area contributed by atoms with Crippen molar-refractivity contribution in [1.82, 2.24) is 9.78 Å². The van der Waals surface area contributed by atoms with Crippen LogP contribution in [0.25, 0.3) is 0 Å². The van der Waals surface area contributed by atoms with E-state index < -0.39 is 6.10 Å². The molecule has 2 aromatic rings. The molecule has 3 nitrogen and oxygen atoms in total. The van der Waals surface area contributed by atoms with Gasteiger partial charge in [0.15, 0.2) is 0 Å². The molecule has 0 fully saturated rings. The third kappa shape index (κ3) is 3.62. The highest BCUT2D eigenvalue weighted by Gasteiger charge is 2.15. The Labute approximate surface area is 132 Å². The molecule has 2 unspecified atom stereocenters. The van der Waals surface area contributed by atoms with Crippen LogP contribution in [0, 0.1) is 0 Å². The summed E-state index contributed by atoms with van der Waals surface area (Å²) in [6.45, 7) is 4.25. The third-order valence-electron chi connectivity index (χ3n) is 3.43. The third-order valence-corrected chi connectivity index (χ3v) is 4.26. The summed E-state index contributed by atoms with van der Waals surface area (Å²) in [7, 11) is 0. The van der Waals surface area contributed by atoms with Crippen LogP contribution in [0.2, 0.25) is 5.02 Å². The number of aliphatic hydroxyl groups excluding tert-OH is 1. The molecule has 2 rings (SSSR count). The van der Waals surface area contributed by atoms with Crippen LogP contribution in [-0.4, -0.2) is 14.9 Å². The predicted octanol–water partition coefficient (Wildman–Crippen LogP) is 4.55. The molecule has 0 amide bonds. The molecule has 108 valence electrons. The maximum absolute atomic E-state index is 10.3. The highest BCUT2D eigenvalue weighted by molar-refractivity contribution is 9.10. The number of halogens is 2. The molecule has 0 aliphatic rings. The van der Waals surface area contributed by atoms with Crippen molar-refractivity contribution >= 4 is 27.5 Å². The molecule has 5 heteroatoms. The minimum absolute atomic E-state index is 0.371. The molecule has 1 aromatic heterocycles. The van der Waals surface area contributed by atoms with Crippen LogP contribution in [0.4, 0.5) is 0 Å². The Hall–Kier alpha value is -0.840. The normalized spacial score (nSPS) is 14.2. The molecule has 2 atom stereocenters. The molecule has 20 heavy (non-hydrogen) atoms. The second-order valence-electron chi connectivity index (χ2n) is 4.93. The minimum atomic E-state index is -0.653. The quantitative estimate of drug-likeness (QED) is 0.852. The summed E-state index contributed by atoms with van der Waals surface area (Å²) in [6, 6.07) is 7.80. The summed E-state index contributed by atoms with van der Waals surface area (Å²) in [6.07, 6.45) is 2.79. The van der Waals surface area contributed by atoms with Gasteiger partial charge in [0.2, 0.25) is 0 Å². The van der Waals surface area contributed by atoms with Crippen molar-refractivity contribution in [2.45, 2.75) is 38.8 Å². The lowest BCUT2D eigenvalue weighted by molar-refractivity contribution is 0.177. The molecule has 0 radical (unpaired) electrons. The molecular formula is C15H18BrClN2O. The highest BCUT2D eigenvalue weighted by Crippen LogP contribution is 2.28. The van der Waals surface area contributed by atoms with E-state index >= 15 is 0 Å². The summed E-state index contributed by atoms with van der Waals surface area (Å²) < 4.78 is 2.84. The first kappa shape index (κ1) is 15.5. The molecule has 1 heterocycles. The summed E-state index contributed by atoms with van der Waals surface area (Å²) in [5.74, 6) is 0. The number of hydrogen-bond acceptors (Lipinski definition) is 2. The molecule has 0 aliphatic heterocycles. The molecule has 0 spiro atoms. The first-order valence-corrected chi connectivity index (χ1v) is 7.85. The number of aliphatic hydroxyl groups is 1. The van der Waals surface area contributed by atoms with Crippen molar-refractivity contribution in [3.8, 4) is 0 Å². The van der Waals surface area contributed by atoms with Crippen LogP contribution in [-0.2, 0) is 6.42 Å². The van der Waals surface area contributed by atoms with Gasteiger partial charge in [0.1, 0.15) is 0 Å². The molecular weight excluding hydrogens is 340 g/mol. The number of nitrogens with zero attached hydrogens (tertiary/aromatic N) is 2. The average molecular weight is 358 g/mol. The lowest BCUT2D eigenvalue weighted by atomic mass is 10.1. The SMILES string of the molecule is CCC(C)n1ccc(CC(O)c2cc(Br)ccc2Cl)n1. The zero-order chi connectivity index (χ0) is 14.7. The smallest absolute Gasteiger partial charge is 0.0860 e. The second-order valence-corrected chi connectivity index (χ2v) is 6.25. The van der Waals surface area contributed by atoms with Gasteiger partial charge in [0, 0.05) is 33.7 Å². The lowest BCUT2D eigenvalue weighted by Gasteiger charge is -2.12. The van der Waals surface area contributed by atoms with Gasteiger partial charge >= 0.3 is 0 Å². The molecule has 1 aromatic carbocycles. The number of benzene rings is 1. The van der Waals surface area contributed by atoms with Crippen molar-refractivity contribution in [1.29, 1.82) is 0 Å². The monoisotopic (exact) mass is 356 g/mol. The van der Waals surface area contributed by atoms with E-state index in [0.29, 0.717) is 17.5 Å². The number of aromatic nitrogens is 2. The Balaban J connectivity index is 2.13. The van der Waals surface area contributed by atoms with Gasteiger partial charge in [0.25, 0.3) is 0 Å². The fourth-order valence-electron chi connectivity index (χ4n) is 2.00. The maximum Gasteiger partial charge on any atom is 0.0860 e. The van der Waals surface area contributed by atoms with Crippen molar-refractivity contribution in [3.63, 3.8) is 0 Å². The van der Waals surface area contributed by atoms with Crippen LogP contribution >= 0.6 is 27.5 Å². The Morgan fingerprint density at radius 3 is 2.85 bits per heavy atom. The first-order valence-electron chi connectivity index (χ1n) is 6.68. The van der Waals surface area contributed by atoms with E-state index in [1.165, 1.54) is 0 Å². The van der Waals surface area contributed by atoms with Crippen molar-refractivity contribution in [2.24, 2.45) is 0 Å². The van der Waals surface area contributed by atoms with Gasteiger partial charge in [-0.2, -0.15) is 5.10 Å².